The third-order valence-electron chi connectivity index (χ3n) is 2.30. The number of benzene rings is 1. The van der Waals surface area contributed by atoms with Crippen LogP contribution in [0.25, 0.3) is 5.69 Å². The molecule has 0 amide bonds. The van der Waals surface area contributed by atoms with Crippen LogP contribution in [0.15, 0.2) is 30.7 Å². The summed E-state index contributed by atoms with van der Waals surface area (Å²) >= 11 is 0. The van der Waals surface area contributed by atoms with E-state index in [1.54, 1.807) is 13.1 Å². The van der Waals surface area contributed by atoms with Crippen molar-refractivity contribution < 1.29 is 8.78 Å². The first-order valence-electron chi connectivity index (χ1n) is 4.83. The molecule has 1 unspecified atom stereocenters. The first-order valence-corrected chi connectivity index (χ1v) is 4.83. The summed E-state index contributed by atoms with van der Waals surface area (Å²) in [4.78, 5) is 3.91. The summed E-state index contributed by atoms with van der Waals surface area (Å²) in [5.41, 5.74) is 6.63. The maximum Gasteiger partial charge on any atom is 0.150 e. The Bertz CT molecular complexity index is 506. The van der Waals surface area contributed by atoms with Crippen LogP contribution in [0.2, 0.25) is 0 Å². The quantitative estimate of drug-likeness (QED) is 0.847. The number of imidazole rings is 1. The molecule has 0 spiro atoms. The molecule has 5 heteroatoms. The van der Waals surface area contributed by atoms with Crippen molar-refractivity contribution in [3.05, 3.63) is 48.1 Å². The van der Waals surface area contributed by atoms with Crippen molar-refractivity contribution in [1.82, 2.24) is 9.55 Å². The maximum atomic E-state index is 13.5. The predicted molar refractivity (Wildman–Crippen MR) is 56.1 cm³/mol. The van der Waals surface area contributed by atoms with E-state index in [0.29, 0.717) is 5.69 Å². The molecule has 0 saturated carbocycles. The van der Waals surface area contributed by atoms with Crippen LogP contribution >= 0.6 is 0 Å². The molecule has 16 heavy (non-hydrogen) atoms. The molecule has 0 saturated heterocycles. The fourth-order valence-electron chi connectivity index (χ4n) is 1.52. The number of nitrogens with two attached hydrogens (primary N) is 1. The molecular weight excluding hydrogens is 212 g/mol. The minimum atomic E-state index is -0.639. The molecular formula is C11H11F2N3. The van der Waals surface area contributed by atoms with E-state index < -0.39 is 11.6 Å². The summed E-state index contributed by atoms with van der Waals surface area (Å²) in [5.74, 6) is -1.25. The van der Waals surface area contributed by atoms with E-state index >= 15 is 0 Å². The first-order chi connectivity index (χ1) is 7.59. The predicted octanol–water partition coefficient (Wildman–Crippen LogP) is 2.17. The monoisotopic (exact) mass is 223 g/mol. The molecule has 1 aromatic heterocycles. The molecule has 0 aliphatic rings. The molecule has 0 aliphatic heterocycles. The van der Waals surface area contributed by atoms with Crippen LogP contribution in [-0.4, -0.2) is 9.55 Å². The van der Waals surface area contributed by atoms with Gasteiger partial charge in [-0.25, -0.2) is 13.8 Å². The molecule has 1 heterocycles. The van der Waals surface area contributed by atoms with Gasteiger partial charge in [-0.3, -0.25) is 4.57 Å². The van der Waals surface area contributed by atoms with Crippen molar-refractivity contribution >= 4 is 0 Å². The molecule has 1 atom stereocenters. The SMILES string of the molecule is CC(N)c1cncn1-c1ccc(F)cc1F. The molecule has 2 N–H and O–H groups in total. The average molecular weight is 223 g/mol. The van der Waals surface area contributed by atoms with Gasteiger partial charge in [-0.05, 0) is 19.1 Å². The maximum absolute atomic E-state index is 13.5. The van der Waals surface area contributed by atoms with Gasteiger partial charge in [0.15, 0.2) is 0 Å². The molecule has 3 nitrogen and oxygen atoms in total. The highest BCUT2D eigenvalue weighted by Gasteiger charge is 2.12. The summed E-state index contributed by atoms with van der Waals surface area (Å²) in [6.45, 7) is 1.77. The van der Waals surface area contributed by atoms with Crippen LogP contribution in [0.5, 0.6) is 0 Å². The Labute approximate surface area is 91.5 Å². The van der Waals surface area contributed by atoms with Crippen molar-refractivity contribution in [3.8, 4) is 5.69 Å². The zero-order chi connectivity index (χ0) is 11.7. The number of nitrogens with zero attached hydrogens (tertiary/aromatic N) is 2. The smallest absolute Gasteiger partial charge is 0.150 e. The van der Waals surface area contributed by atoms with Crippen LogP contribution in [0.1, 0.15) is 18.7 Å². The third kappa shape index (κ3) is 1.81. The van der Waals surface area contributed by atoms with Crippen molar-refractivity contribution in [2.75, 3.05) is 0 Å². The summed E-state index contributed by atoms with van der Waals surface area (Å²) in [6, 6.07) is 3.12. The van der Waals surface area contributed by atoms with Gasteiger partial charge >= 0.3 is 0 Å². The van der Waals surface area contributed by atoms with Crippen LogP contribution in [-0.2, 0) is 0 Å². The standard InChI is InChI=1S/C11H11F2N3/c1-7(14)11-5-15-6-16(11)10-3-2-8(12)4-9(10)13/h2-7H,14H2,1H3. The minimum Gasteiger partial charge on any atom is -0.323 e. The van der Waals surface area contributed by atoms with Crippen molar-refractivity contribution in [2.24, 2.45) is 5.73 Å². The highest BCUT2D eigenvalue weighted by atomic mass is 19.1. The topological polar surface area (TPSA) is 43.8 Å². The number of aromatic nitrogens is 2. The van der Waals surface area contributed by atoms with Gasteiger partial charge < -0.3 is 5.73 Å². The van der Waals surface area contributed by atoms with E-state index in [1.807, 2.05) is 0 Å². The van der Waals surface area contributed by atoms with Crippen LogP contribution in [0, 0.1) is 11.6 Å². The second kappa shape index (κ2) is 4.02. The second-order valence-electron chi connectivity index (χ2n) is 3.57. The Morgan fingerprint density at radius 3 is 2.75 bits per heavy atom. The van der Waals surface area contributed by atoms with Gasteiger partial charge in [0.25, 0.3) is 0 Å². The number of hydrogen-bond donors (Lipinski definition) is 1. The largest absolute Gasteiger partial charge is 0.323 e. The molecule has 2 aromatic rings. The Balaban J connectivity index is 2.54. The van der Waals surface area contributed by atoms with Gasteiger partial charge in [0.1, 0.15) is 11.6 Å². The zero-order valence-electron chi connectivity index (χ0n) is 8.69. The molecule has 0 aliphatic carbocycles. The average Bonchev–Trinajstić information content (AvgIpc) is 2.66. The van der Waals surface area contributed by atoms with Gasteiger partial charge in [0, 0.05) is 12.1 Å². The Morgan fingerprint density at radius 1 is 1.38 bits per heavy atom. The Hall–Kier alpha value is -1.75. The molecule has 0 radical (unpaired) electrons. The van der Waals surface area contributed by atoms with E-state index in [-0.39, 0.29) is 11.7 Å². The van der Waals surface area contributed by atoms with E-state index in [9.17, 15) is 8.78 Å². The number of halogens is 2. The highest BCUT2D eigenvalue weighted by molar-refractivity contribution is 5.36. The zero-order valence-corrected chi connectivity index (χ0v) is 8.69. The lowest BCUT2D eigenvalue weighted by Crippen LogP contribution is -2.11. The van der Waals surface area contributed by atoms with Crippen LogP contribution < -0.4 is 5.73 Å². The number of hydrogen-bond acceptors (Lipinski definition) is 2. The third-order valence-corrected chi connectivity index (χ3v) is 2.30. The second-order valence-corrected chi connectivity index (χ2v) is 3.57. The summed E-state index contributed by atoms with van der Waals surface area (Å²) in [7, 11) is 0. The van der Waals surface area contributed by atoms with Crippen LogP contribution in [0.3, 0.4) is 0 Å². The Kier molecular flexibility index (Phi) is 2.70. The first kappa shape index (κ1) is 10.8. The molecule has 0 bridgehead atoms. The lowest BCUT2D eigenvalue weighted by Gasteiger charge is -2.11. The van der Waals surface area contributed by atoms with Crippen LogP contribution in [0.4, 0.5) is 8.78 Å². The lowest BCUT2D eigenvalue weighted by molar-refractivity contribution is 0.575. The Morgan fingerprint density at radius 2 is 2.12 bits per heavy atom. The summed E-state index contributed by atoms with van der Waals surface area (Å²) < 4.78 is 27.8. The van der Waals surface area contributed by atoms with Crippen molar-refractivity contribution in [3.63, 3.8) is 0 Å². The highest BCUT2D eigenvalue weighted by Crippen LogP contribution is 2.19. The van der Waals surface area contributed by atoms with E-state index in [4.69, 9.17) is 5.73 Å². The van der Waals surface area contributed by atoms with Gasteiger partial charge in [0.2, 0.25) is 0 Å². The van der Waals surface area contributed by atoms with Gasteiger partial charge in [-0.1, -0.05) is 0 Å². The van der Waals surface area contributed by atoms with E-state index in [2.05, 4.69) is 4.98 Å². The fourth-order valence-corrected chi connectivity index (χ4v) is 1.52. The summed E-state index contributed by atoms with van der Waals surface area (Å²) in [5, 5.41) is 0. The lowest BCUT2D eigenvalue weighted by atomic mass is 10.2. The molecule has 1 aromatic carbocycles. The van der Waals surface area contributed by atoms with Crippen molar-refractivity contribution in [2.45, 2.75) is 13.0 Å². The van der Waals surface area contributed by atoms with Gasteiger partial charge in [-0.15, -0.1) is 0 Å². The van der Waals surface area contributed by atoms with E-state index in [1.165, 1.54) is 23.0 Å². The minimum absolute atomic E-state index is 0.242. The normalized spacial score (nSPS) is 12.8. The molecule has 2 rings (SSSR count). The van der Waals surface area contributed by atoms with E-state index in [0.717, 1.165) is 6.07 Å². The number of rotatable bonds is 2. The van der Waals surface area contributed by atoms with Gasteiger partial charge in [-0.2, -0.15) is 0 Å². The molecule has 84 valence electrons. The molecule has 0 fully saturated rings. The fraction of sp³-hybridized carbons (Fsp3) is 0.182. The van der Waals surface area contributed by atoms with Gasteiger partial charge in [0.05, 0.1) is 23.9 Å². The summed E-state index contributed by atoms with van der Waals surface area (Å²) in [6.07, 6.45) is 3.02. The van der Waals surface area contributed by atoms with Crippen molar-refractivity contribution in [1.29, 1.82) is 0 Å².